The maximum absolute atomic E-state index is 11.8. The van der Waals surface area contributed by atoms with E-state index in [9.17, 15) is 4.79 Å². The SMILES string of the molecule is CCNC(CCN(C)CCc1ccccn1)C(=O)OCC. The average Bonchev–Trinajstić information content (AvgIpc) is 2.50. The number of esters is 1. The van der Waals surface area contributed by atoms with Gasteiger partial charge in [0.2, 0.25) is 0 Å². The Morgan fingerprint density at radius 2 is 2.19 bits per heavy atom. The molecular formula is C16H27N3O2. The van der Waals surface area contributed by atoms with Gasteiger partial charge in [0, 0.05) is 24.9 Å². The van der Waals surface area contributed by atoms with Crippen molar-refractivity contribution in [2.75, 3.05) is 33.3 Å². The molecule has 0 radical (unpaired) electrons. The number of carbonyl (C=O) groups is 1. The normalized spacial score (nSPS) is 12.4. The third-order valence-electron chi connectivity index (χ3n) is 3.30. The molecule has 0 saturated carbocycles. The summed E-state index contributed by atoms with van der Waals surface area (Å²) in [7, 11) is 2.07. The van der Waals surface area contributed by atoms with E-state index in [0.29, 0.717) is 6.61 Å². The van der Waals surface area contributed by atoms with E-state index in [1.165, 1.54) is 0 Å². The molecule has 0 aromatic carbocycles. The minimum Gasteiger partial charge on any atom is -0.465 e. The molecule has 0 saturated heterocycles. The van der Waals surface area contributed by atoms with Crippen molar-refractivity contribution in [3.8, 4) is 0 Å². The number of hydrogen-bond acceptors (Lipinski definition) is 5. The van der Waals surface area contributed by atoms with E-state index in [0.717, 1.165) is 38.2 Å². The van der Waals surface area contributed by atoms with Crippen LogP contribution in [0.25, 0.3) is 0 Å². The van der Waals surface area contributed by atoms with Crippen LogP contribution in [-0.4, -0.2) is 55.2 Å². The monoisotopic (exact) mass is 293 g/mol. The predicted molar refractivity (Wildman–Crippen MR) is 84.2 cm³/mol. The van der Waals surface area contributed by atoms with Gasteiger partial charge in [0.25, 0.3) is 0 Å². The summed E-state index contributed by atoms with van der Waals surface area (Å²) in [5.41, 5.74) is 1.10. The first kappa shape index (κ1) is 17.6. The first-order valence-electron chi connectivity index (χ1n) is 7.65. The summed E-state index contributed by atoms with van der Waals surface area (Å²) < 4.78 is 5.09. The van der Waals surface area contributed by atoms with Gasteiger partial charge in [-0.25, -0.2) is 0 Å². The fourth-order valence-electron chi connectivity index (χ4n) is 2.11. The molecule has 1 aromatic heterocycles. The van der Waals surface area contributed by atoms with E-state index in [-0.39, 0.29) is 12.0 Å². The van der Waals surface area contributed by atoms with E-state index in [2.05, 4.69) is 22.2 Å². The lowest BCUT2D eigenvalue weighted by atomic mass is 10.2. The van der Waals surface area contributed by atoms with Crippen molar-refractivity contribution in [1.82, 2.24) is 15.2 Å². The van der Waals surface area contributed by atoms with Crippen LogP contribution in [0, 0.1) is 0 Å². The fraction of sp³-hybridized carbons (Fsp3) is 0.625. The highest BCUT2D eigenvalue weighted by atomic mass is 16.5. The predicted octanol–water partition coefficient (Wildman–Crippen LogP) is 1.49. The van der Waals surface area contributed by atoms with Crippen molar-refractivity contribution in [2.45, 2.75) is 32.7 Å². The third-order valence-corrected chi connectivity index (χ3v) is 3.30. The summed E-state index contributed by atoms with van der Waals surface area (Å²) >= 11 is 0. The number of rotatable bonds is 10. The molecule has 1 unspecified atom stereocenters. The Morgan fingerprint density at radius 3 is 2.81 bits per heavy atom. The molecule has 0 aliphatic heterocycles. The number of nitrogens with zero attached hydrogens (tertiary/aromatic N) is 2. The molecule has 1 atom stereocenters. The minimum atomic E-state index is -0.216. The van der Waals surface area contributed by atoms with Gasteiger partial charge in [-0.2, -0.15) is 0 Å². The topological polar surface area (TPSA) is 54.5 Å². The van der Waals surface area contributed by atoms with Gasteiger partial charge in [-0.1, -0.05) is 13.0 Å². The number of ether oxygens (including phenoxy) is 1. The van der Waals surface area contributed by atoms with Gasteiger partial charge in [0.1, 0.15) is 6.04 Å². The minimum absolute atomic E-state index is 0.155. The lowest BCUT2D eigenvalue weighted by Gasteiger charge is -2.21. The highest BCUT2D eigenvalue weighted by Gasteiger charge is 2.18. The maximum atomic E-state index is 11.8. The molecule has 118 valence electrons. The van der Waals surface area contributed by atoms with Crippen LogP contribution < -0.4 is 5.32 Å². The van der Waals surface area contributed by atoms with Crippen LogP contribution in [0.2, 0.25) is 0 Å². The number of nitrogens with one attached hydrogen (secondary N) is 1. The van der Waals surface area contributed by atoms with Crippen LogP contribution in [0.3, 0.4) is 0 Å². The smallest absolute Gasteiger partial charge is 0.323 e. The van der Waals surface area contributed by atoms with Crippen molar-refractivity contribution in [3.63, 3.8) is 0 Å². The van der Waals surface area contributed by atoms with Gasteiger partial charge in [-0.05, 0) is 45.6 Å². The molecule has 0 fully saturated rings. The first-order valence-corrected chi connectivity index (χ1v) is 7.65. The van der Waals surface area contributed by atoms with Crippen LogP contribution in [-0.2, 0) is 16.0 Å². The van der Waals surface area contributed by atoms with Crippen molar-refractivity contribution < 1.29 is 9.53 Å². The fourth-order valence-corrected chi connectivity index (χ4v) is 2.11. The Morgan fingerprint density at radius 1 is 1.38 bits per heavy atom. The van der Waals surface area contributed by atoms with E-state index in [1.54, 1.807) is 0 Å². The van der Waals surface area contributed by atoms with E-state index >= 15 is 0 Å². The lowest BCUT2D eigenvalue weighted by Crippen LogP contribution is -2.40. The number of aromatic nitrogens is 1. The van der Waals surface area contributed by atoms with E-state index < -0.39 is 0 Å². The summed E-state index contributed by atoms with van der Waals surface area (Å²) in [4.78, 5) is 18.3. The lowest BCUT2D eigenvalue weighted by molar-refractivity contribution is -0.145. The Bertz CT molecular complexity index is 398. The quantitative estimate of drug-likeness (QED) is 0.662. The van der Waals surface area contributed by atoms with Crippen molar-refractivity contribution in [1.29, 1.82) is 0 Å². The number of carbonyl (C=O) groups excluding carboxylic acids is 1. The van der Waals surface area contributed by atoms with Crippen molar-refractivity contribution in [3.05, 3.63) is 30.1 Å². The van der Waals surface area contributed by atoms with Crippen molar-refractivity contribution >= 4 is 5.97 Å². The first-order chi connectivity index (χ1) is 10.2. The highest BCUT2D eigenvalue weighted by molar-refractivity contribution is 5.75. The van der Waals surface area contributed by atoms with Crippen LogP contribution in [0.15, 0.2) is 24.4 Å². The zero-order chi connectivity index (χ0) is 15.5. The Balaban J connectivity index is 2.32. The molecule has 21 heavy (non-hydrogen) atoms. The van der Waals surface area contributed by atoms with E-state index in [1.807, 2.05) is 38.2 Å². The molecule has 0 spiro atoms. The second-order valence-corrected chi connectivity index (χ2v) is 5.03. The van der Waals surface area contributed by atoms with Crippen LogP contribution in [0.1, 0.15) is 26.0 Å². The molecule has 1 heterocycles. The van der Waals surface area contributed by atoms with Gasteiger partial charge in [0.05, 0.1) is 6.61 Å². The average molecular weight is 293 g/mol. The molecule has 0 amide bonds. The van der Waals surface area contributed by atoms with Gasteiger partial charge in [0.15, 0.2) is 0 Å². The van der Waals surface area contributed by atoms with Crippen LogP contribution >= 0.6 is 0 Å². The second-order valence-electron chi connectivity index (χ2n) is 5.03. The molecule has 5 nitrogen and oxygen atoms in total. The van der Waals surface area contributed by atoms with Crippen LogP contribution in [0.5, 0.6) is 0 Å². The molecule has 1 rings (SSSR count). The largest absolute Gasteiger partial charge is 0.465 e. The molecule has 1 aromatic rings. The van der Waals surface area contributed by atoms with Gasteiger partial charge in [-0.3, -0.25) is 9.78 Å². The van der Waals surface area contributed by atoms with Crippen molar-refractivity contribution in [2.24, 2.45) is 0 Å². The zero-order valence-corrected chi connectivity index (χ0v) is 13.3. The Kier molecular flexibility index (Phi) is 8.62. The standard InChI is InChI=1S/C16H27N3O2/c1-4-17-15(16(20)21-5-2)10-13-19(3)12-9-14-8-6-7-11-18-14/h6-8,11,15,17H,4-5,9-10,12-13H2,1-3H3. The molecular weight excluding hydrogens is 266 g/mol. The number of hydrogen-bond donors (Lipinski definition) is 1. The summed E-state index contributed by atoms with van der Waals surface area (Å²) in [5.74, 6) is -0.155. The van der Waals surface area contributed by atoms with Gasteiger partial charge >= 0.3 is 5.97 Å². The molecule has 5 heteroatoms. The van der Waals surface area contributed by atoms with E-state index in [4.69, 9.17) is 4.74 Å². The van der Waals surface area contributed by atoms with Gasteiger partial charge < -0.3 is 15.0 Å². The number of pyridine rings is 1. The summed E-state index contributed by atoms with van der Waals surface area (Å²) in [5, 5.41) is 3.18. The molecule has 0 bridgehead atoms. The summed E-state index contributed by atoms with van der Waals surface area (Å²) in [6, 6.07) is 5.75. The highest BCUT2D eigenvalue weighted by Crippen LogP contribution is 2.01. The zero-order valence-electron chi connectivity index (χ0n) is 13.3. The maximum Gasteiger partial charge on any atom is 0.323 e. The van der Waals surface area contributed by atoms with Crippen LogP contribution in [0.4, 0.5) is 0 Å². The molecule has 0 aliphatic carbocycles. The number of likely N-dealkylation sites (N-methyl/N-ethyl adjacent to an activating group) is 2. The molecule has 1 N–H and O–H groups in total. The second kappa shape index (κ2) is 10.3. The van der Waals surface area contributed by atoms with Gasteiger partial charge in [-0.15, -0.1) is 0 Å². The third kappa shape index (κ3) is 7.20. The Labute approximate surface area is 127 Å². The summed E-state index contributed by atoms with van der Waals surface area (Å²) in [6.45, 7) is 6.80. The summed E-state index contributed by atoms with van der Waals surface area (Å²) in [6.07, 6.45) is 3.49. The molecule has 0 aliphatic rings. The Hall–Kier alpha value is -1.46.